The number of para-hydroxylation sites is 1. The van der Waals surface area contributed by atoms with Gasteiger partial charge in [0.05, 0.1) is 17.1 Å². The summed E-state index contributed by atoms with van der Waals surface area (Å²) >= 11 is 11.8. The third kappa shape index (κ3) is 4.32. The summed E-state index contributed by atoms with van der Waals surface area (Å²) < 4.78 is 5.03. The van der Waals surface area contributed by atoms with Gasteiger partial charge in [-0.05, 0) is 29.8 Å². The molecule has 3 rings (SSSR count). The molecular formula is C18H14Cl2N2O3. The topological polar surface area (TPSA) is 71.2 Å². The highest BCUT2D eigenvalue weighted by molar-refractivity contribution is 6.35. The lowest BCUT2D eigenvalue weighted by molar-refractivity contribution is -0.146. The van der Waals surface area contributed by atoms with Crippen molar-refractivity contribution in [3.05, 3.63) is 64.3 Å². The third-order valence-corrected chi connectivity index (χ3v) is 4.14. The van der Waals surface area contributed by atoms with Crippen LogP contribution < -0.4 is 5.32 Å². The van der Waals surface area contributed by atoms with E-state index in [0.717, 1.165) is 16.5 Å². The third-order valence-electron chi connectivity index (χ3n) is 3.58. The van der Waals surface area contributed by atoms with Gasteiger partial charge < -0.3 is 15.0 Å². The quantitative estimate of drug-likeness (QED) is 0.655. The predicted octanol–water partition coefficient (Wildman–Crippen LogP) is 4.20. The first-order valence-corrected chi connectivity index (χ1v) is 8.24. The maximum absolute atomic E-state index is 12.0. The minimum atomic E-state index is -0.489. The highest BCUT2D eigenvalue weighted by Gasteiger charge is 2.13. The van der Waals surface area contributed by atoms with E-state index in [1.54, 1.807) is 18.3 Å². The van der Waals surface area contributed by atoms with Gasteiger partial charge in [-0.25, -0.2) is 0 Å². The van der Waals surface area contributed by atoms with Crippen LogP contribution in [0.15, 0.2) is 48.7 Å². The number of anilines is 1. The summed E-state index contributed by atoms with van der Waals surface area (Å²) in [5.41, 5.74) is 2.13. The van der Waals surface area contributed by atoms with Crippen molar-refractivity contribution >= 4 is 51.7 Å². The van der Waals surface area contributed by atoms with Crippen molar-refractivity contribution in [2.75, 3.05) is 11.9 Å². The van der Waals surface area contributed by atoms with Gasteiger partial charge in [-0.15, -0.1) is 0 Å². The van der Waals surface area contributed by atoms with E-state index in [2.05, 4.69) is 10.3 Å². The van der Waals surface area contributed by atoms with E-state index < -0.39 is 18.5 Å². The number of esters is 1. The fourth-order valence-corrected chi connectivity index (χ4v) is 2.75. The van der Waals surface area contributed by atoms with E-state index in [9.17, 15) is 9.59 Å². The first-order chi connectivity index (χ1) is 12.0. The second-order valence-electron chi connectivity index (χ2n) is 5.37. The Morgan fingerprint density at radius 1 is 1.12 bits per heavy atom. The highest BCUT2D eigenvalue weighted by Crippen LogP contribution is 2.25. The van der Waals surface area contributed by atoms with Crippen molar-refractivity contribution in [3.8, 4) is 0 Å². The molecule has 1 heterocycles. The summed E-state index contributed by atoms with van der Waals surface area (Å²) in [4.78, 5) is 27.0. The van der Waals surface area contributed by atoms with Crippen molar-refractivity contribution < 1.29 is 14.3 Å². The molecule has 2 N–H and O–H groups in total. The molecule has 0 bridgehead atoms. The Kier molecular flexibility index (Phi) is 5.26. The highest BCUT2D eigenvalue weighted by atomic mass is 35.5. The average Bonchev–Trinajstić information content (AvgIpc) is 2.99. The molecule has 3 aromatic rings. The van der Waals surface area contributed by atoms with Crippen LogP contribution in [-0.2, 0) is 20.7 Å². The number of aromatic amines is 1. The zero-order chi connectivity index (χ0) is 17.8. The molecule has 2 aromatic carbocycles. The van der Waals surface area contributed by atoms with Crippen LogP contribution in [0.3, 0.4) is 0 Å². The molecule has 1 amide bonds. The van der Waals surface area contributed by atoms with Crippen molar-refractivity contribution in [2.45, 2.75) is 6.42 Å². The first kappa shape index (κ1) is 17.3. The van der Waals surface area contributed by atoms with Gasteiger partial charge >= 0.3 is 5.97 Å². The maximum Gasteiger partial charge on any atom is 0.310 e. The van der Waals surface area contributed by atoms with Crippen LogP contribution in [0.1, 0.15) is 5.56 Å². The molecule has 0 unspecified atom stereocenters. The number of hydrogen-bond acceptors (Lipinski definition) is 3. The number of nitrogens with one attached hydrogen (secondary N) is 2. The Bertz CT molecular complexity index is 937. The van der Waals surface area contributed by atoms with E-state index in [1.165, 1.54) is 6.07 Å². The number of aromatic nitrogens is 1. The van der Waals surface area contributed by atoms with Crippen molar-refractivity contribution in [1.29, 1.82) is 0 Å². The minimum Gasteiger partial charge on any atom is -0.455 e. The Labute approximate surface area is 153 Å². The van der Waals surface area contributed by atoms with Gasteiger partial charge in [-0.2, -0.15) is 0 Å². The smallest absolute Gasteiger partial charge is 0.310 e. The van der Waals surface area contributed by atoms with Gasteiger partial charge in [-0.1, -0.05) is 41.4 Å². The maximum atomic E-state index is 12.0. The van der Waals surface area contributed by atoms with Crippen LogP contribution in [0.25, 0.3) is 10.9 Å². The number of halogens is 2. The summed E-state index contributed by atoms with van der Waals surface area (Å²) in [6, 6.07) is 12.4. The van der Waals surface area contributed by atoms with Crippen LogP contribution in [-0.4, -0.2) is 23.5 Å². The van der Waals surface area contributed by atoms with Crippen LogP contribution in [0, 0.1) is 0 Å². The Morgan fingerprint density at radius 3 is 2.76 bits per heavy atom. The number of rotatable bonds is 5. The van der Waals surface area contributed by atoms with Gasteiger partial charge in [0.25, 0.3) is 5.91 Å². The Balaban J connectivity index is 1.55. The van der Waals surface area contributed by atoms with Crippen LogP contribution in [0.4, 0.5) is 5.69 Å². The number of carbonyl (C=O) groups excluding carboxylic acids is 2. The van der Waals surface area contributed by atoms with Crippen LogP contribution >= 0.6 is 23.2 Å². The van der Waals surface area contributed by atoms with E-state index in [4.69, 9.17) is 27.9 Å². The second-order valence-corrected chi connectivity index (χ2v) is 6.21. The van der Waals surface area contributed by atoms with E-state index in [0.29, 0.717) is 15.7 Å². The Hall–Kier alpha value is -2.50. The zero-order valence-corrected chi connectivity index (χ0v) is 14.5. The molecule has 25 heavy (non-hydrogen) atoms. The lowest BCUT2D eigenvalue weighted by Gasteiger charge is -2.08. The van der Waals surface area contributed by atoms with E-state index >= 15 is 0 Å². The van der Waals surface area contributed by atoms with Crippen molar-refractivity contribution in [1.82, 2.24) is 4.98 Å². The number of ether oxygens (including phenoxy) is 1. The van der Waals surface area contributed by atoms with Gasteiger partial charge in [0, 0.05) is 22.1 Å². The fourth-order valence-electron chi connectivity index (χ4n) is 2.41. The number of amides is 1. The first-order valence-electron chi connectivity index (χ1n) is 7.48. The summed E-state index contributed by atoms with van der Waals surface area (Å²) in [6.07, 6.45) is 1.84. The molecule has 0 aliphatic carbocycles. The second kappa shape index (κ2) is 7.59. The number of benzene rings is 2. The molecule has 5 nitrogen and oxygen atoms in total. The Morgan fingerprint density at radius 2 is 1.92 bits per heavy atom. The molecule has 0 atom stereocenters. The minimum absolute atomic E-state index is 0.0786. The van der Waals surface area contributed by atoms with Gasteiger partial charge in [0.1, 0.15) is 0 Å². The average molecular weight is 377 g/mol. The monoisotopic (exact) mass is 376 g/mol. The molecule has 0 aliphatic heterocycles. The zero-order valence-electron chi connectivity index (χ0n) is 13.0. The number of hydrogen-bond donors (Lipinski definition) is 2. The molecule has 0 spiro atoms. The van der Waals surface area contributed by atoms with Gasteiger partial charge in [-0.3, -0.25) is 9.59 Å². The summed E-state index contributed by atoms with van der Waals surface area (Å²) in [5.74, 6) is -0.978. The van der Waals surface area contributed by atoms with E-state index in [1.807, 2.05) is 24.3 Å². The molecule has 0 saturated heterocycles. The summed E-state index contributed by atoms with van der Waals surface area (Å²) in [6.45, 7) is -0.399. The molecule has 0 saturated carbocycles. The van der Waals surface area contributed by atoms with Crippen molar-refractivity contribution in [3.63, 3.8) is 0 Å². The molecular weight excluding hydrogens is 363 g/mol. The molecule has 7 heteroatoms. The van der Waals surface area contributed by atoms with E-state index in [-0.39, 0.29) is 6.42 Å². The number of carbonyl (C=O) groups is 2. The number of H-pyrrole nitrogens is 1. The molecule has 128 valence electrons. The molecule has 0 radical (unpaired) electrons. The fraction of sp³-hybridized carbons (Fsp3) is 0.111. The van der Waals surface area contributed by atoms with Crippen LogP contribution in [0.2, 0.25) is 10.0 Å². The summed E-state index contributed by atoms with van der Waals surface area (Å²) in [7, 11) is 0. The normalized spacial score (nSPS) is 10.6. The van der Waals surface area contributed by atoms with Gasteiger partial charge in [0.2, 0.25) is 0 Å². The number of fused-ring (bicyclic) bond motifs is 1. The molecule has 0 fully saturated rings. The molecule has 1 aromatic heterocycles. The summed E-state index contributed by atoms with van der Waals surface area (Å²) in [5, 5.41) is 4.30. The predicted molar refractivity (Wildman–Crippen MR) is 98.1 cm³/mol. The largest absolute Gasteiger partial charge is 0.455 e. The molecule has 0 aliphatic rings. The SMILES string of the molecule is O=C(COC(=O)Cc1c[nH]c2ccccc12)Nc1cc(Cl)ccc1Cl. The van der Waals surface area contributed by atoms with Gasteiger partial charge in [0.15, 0.2) is 6.61 Å². The van der Waals surface area contributed by atoms with Crippen molar-refractivity contribution in [2.24, 2.45) is 0 Å². The lowest BCUT2D eigenvalue weighted by Crippen LogP contribution is -2.21. The lowest BCUT2D eigenvalue weighted by atomic mass is 10.1. The standard InChI is InChI=1S/C18H14Cl2N2O3/c19-12-5-6-14(20)16(8-12)22-17(23)10-25-18(24)7-11-9-21-15-4-2-1-3-13(11)15/h1-6,8-9,21H,7,10H2,(H,22,23). The van der Waals surface area contributed by atoms with Crippen LogP contribution in [0.5, 0.6) is 0 Å².